The molecule has 0 aliphatic carbocycles. The molecule has 0 amide bonds. The quantitative estimate of drug-likeness (QED) is 0.902. The maximum atomic E-state index is 13.3. The van der Waals surface area contributed by atoms with Crippen LogP contribution in [0.4, 0.5) is 4.39 Å². The van der Waals surface area contributed by atoms with E-state index in [4.69, 9.17) is 5.73 Å². The van der Waals surface area contributed by atoms with Crippen molar-refractivity contribution in [3.05, 3.63) is 34.1 Å². The van der Waals surface area contributed by atoms with Crippen molar-refractivity contribution in [3.63, 3.8) is 0 Å². The Morgan fingerprint density at radius 2 is 2.06 bits per heavy atom. The second kappa shape index (κ2) is 6.92. The van der Waals surface area contributed by atoms with Crippen molar-refractivity contribution in [1.29, 1.82) is 0 Å². The van der Waals surface area contributed by atoms with Crippen LogP contribution in [0, 0.1) is 11.7 Å². The molecule has 1 nitrogen and oxygen atoms in total. The first-order chi connectivity index (χ1) is 8.63. The van der Waals surface area contributed by atoms with E-state index < -0.39 is 0 Å². The largest absolute Gasteiger partial charge is 0.327 e. The summed E-state index contributed by atoms with van der Waals surface area (Å²) in [5, 5.41) is 0. The molecule has 1 aromatic carbocycles. The van der Waals surface area contributed by atoms with Gasteiger partial charge in [-0.3, -0.25) is 0 Å². The second-order valence-electron chi connectivity index (χ2n) is 5.03. The van der Waals surface area contributed by atoms with Gasteiger partial charge in [-0.2, -0.15) is 11.8 Å². The van der Waals surface area contributed by atoms with Gasteiger partial charge in [-0.25, -0.2) is 4.39 Å². The Hall–Kier alpha value is -0.0600. The summed E-state index contributed by atoms with van der Waals surface area (Å²) < 4.78 is 14.1. The SMILES string of the molecule is NC(Cc1cc(F)cc(Br)c1)CC1CCSCC1. The molecule has 2 N–H and O–H groups in total. The van der Waals surface area contributed by atoms with Crippen LogP contribution in [-0.2, 0) is 6.42 Å². The monoisotopic (exact) mass is 331 g/mol. The average molecular weight is 332 g/mol. The summed E-state index contributed by atoms with van der Waals surface area (Å²) in [6, 6.07) is 5.17. The van der Waals surface area contributed by atoms with Gasteiger partial charge in [0.25, 0.3) is 0 Å². The van der Waals surface area contributed by atoms with Gasteiger partial charge in [-0.15, -0.1) is 0 Å². The Bertz CT molecular complexity index is 373. The predicted molar refractivity (Wildman–Crippen MR) is 80.4 cm³/mol. The van der Waals surface area contributed by atoms with Crippen LogP contribution in [0.25, 0.3) is 0 Å². The third kappa shape index (κ3) is 4.56. The Labute approximate surface area is 121 Å². The maximum absolute atomic E-state index is 13.3. The molecule has 0 saturated carbocycles. The van der Waals surface area contributed by atoms with E-state index in [0.717, 1.165) is 28.8 Å². The van der Waals surface area contributed by atoms with E-state index in [1.807, 2.05) is 17.8 Å². The van der Waals surface area contributed by atoms with Gasteiger partial charge in [0.05, 0.1) is 0 Å². The maximum Gasteiger partial charge on any atom is 0.124 e. The molecule has 0 aromatic heterocycles. The minimum absolute atomic E-state index is 0.145. The van der Waals surface area contributed by atoms with Crippen molar-refractivity contribution in [3.8, 4) is 0 Å². The Kier molecular flexibility index (Phi) is 5.52. The Morgan fingerprint density at radius 1 is 1.33 bits per heavy atom. The lowest BCUT2D eigenvalue weighted by Crippen LogP contribution is -2.27. The van der Waals surface area contributed by atoms with E-state index in [1.165, 1.54) is 30.4 Å². The van der Waals surface area contributed by atoms with Crippen molar-refractivity contribution in [2.24, 2.45) is 11.7 Å². The molecule has 0 radical (unpaired) electrons. The van der Waals surface area contributed by atoms with Crippen LogP contribution in [0.15, 0.2) is 22.7 Å². The third-order valence-electron chi connectivity index (χ3n) is 3.40. The highest BCUT2D eigenvalue weighted by molar-refractivity contribution is 9.10. The summed E-state index contributed by atoms with van der Waals surface area (Å²) in [6.07, 6.45) is 4.39. The highest BCUT2D eigenvalue weighted by atomic mass is 79.9. The summed E-state index contributed by atoms with van der Waals surface area (Å²) in [4.78, 5) is 0. The molecule has 4 heteroatoms. The molecule has 1 aliphatic rings. The molecule has 18 heavy (non-hydrogen) atoms. The average Bonchev–Trinajstić information content (AvgIpc) is 2.28. The molecule has 2 rings (SSSR count). The fourth-order valence-electron chi connectivity index (χ4n) is 2.53. The van der Waals surface area contributed by atoms with Gasteiger partial charge >= 0.3 is 0 Å². The zero-order valence-electron chi connectivity index (χ0n) is 10.4. The first kappa shape index (κ1) is 14.4. The molecule has 0 spiro atoms. The number of benzene rings is 1. The number of hydrogen-bond donors (Lipinski definition) is 1. The van der Waals surface area contributed by atoms with Crippen molar-refractivity contribution in [2.75, 3.05) is 11.5 Å². The van der Waals surface area contributed by atoms with Crippen LogP contribution in [0.2, 0.25) is 0 Å². The Balaban J connectivity index is 1.87. The molecule has 1 fully saturated rings. The number of halogens is 2. The summed E-state index contributed by atoms with van der Waals surface area (Å²) in [7, 11) is 0. The van der Waals surface area contributed by atoms with Crippen LogP contribution in [-0.4, -0.2) is 17.5 Å². The van der Waals surface area contributed by atoms with Gasteiger partial charge in [-0.05, 0) is 66.9 Å². The lowest BCUT2D eigenvalue weighted by Gasteiger charge is -2.24. The summed E-state index contributed by atoms with van der Waals surface area (Å²) in [5.41, 5.74) is 7.18. The zero-order chi connectivity index (χ0) is 13.0. The van der Waals surface area contributed by atoms with E-state index in [1.54, 1.807) is 6.07 Å². The first-order valence-electron chi connectivity index (χ1n) is 6.42. The van der Waals surface area contributed by atoms with Gasteiger partial charge < -0.3 is 5.73 Å². The third-order valence-corrected chi connectivity index (χ3v) is 4.90. The van der Waals surface area contributed by atoms with Crippen molar-refractivity contribution >= 4 is 27.7 Å². The number of rotatable bonds is 4. The molecule has 1 heterocycles. The molecule has 100 valence electrons. The van der Waals surface area contributed by atoms with Crippen LogP contribution in [0.3, 0.4) is 0 Å². The van der Waals surface area contributed by atoms with E-state index in [9.17, 15) is 4.39 Å². The van der Waals surface area contributed by atoms with Crippen LogP contribution < -0.4 is 5.73 Å². The highest BCUT2D eigenvalue weighted by Gasteiger charge is 2.17. The minimum atomic E-state index is -0.194. The van der Waals surface area contributed by atoms with Crippen LogP contribution in [0.5, 0.6) is 0 Å². The minimum Gasteiger partial charge on any atom is -0.327 e. The van der Waals surface area contributed by atoms with Gasteiger partial charge in [0, 0.05) is 10.5 Å². The Morgan fingerprint density at radius 3 is 2.72 bits per heavy atom. The molecular formula is C14H19BrFNS. The van der Waals surface area contributed by atoms with E-state index in [2.05, 4.69) is 15.9 Å². The molecule has 1 aromatic rings. The van der Waals surface area contributed by atoms with Crippen LogP contribution >= 0.6 is 27.7 Å². The normalized spacial score (nSPS) is 18.8. The van der Waals surface area contributed by atoms with E-state index >= 15 is 0 Å². The zero-order valence-corrected chi connectivity index (χ0v) is 12.8. The molecule has 0 bridgehead atoms. The standard InChI is InChI=1S/C14H19BrFNS/c15-12-5-11(6-13(16)9-12)8-14(17)7-10-1-3-18-4-2-10/h5-6,9-10,14H,1-4,7-8,17H2. The smallest absolute Gasteiger partial charge is 0.124 e. The second-order valence-corrected chi connectivity index (χ2v) is 7.17. The highest BCUT2D eigenvalue weighted by Crippen LogP contribution is 2.27. The molecule has 1 atom stereocenters. The molecular weight excluding hydrogens is 313 g/mol. The van der Waals surface area contributed by atoms with Gasteiger partial charge in [0.1, 0.15) is 5.82 Å². The van der Waals surface area contributed by atoms with Crippen molar-refractivity contribution in [2.45, 2.75) is 31.7 Å². The topological polar surface area (TPSA) is 26.0 Å². The number of nitrogens with two attached hydrogens (primary N) is 1. The number of hydrogen-bond acceptors (Lipinski definition) is 2. The van der Waals surface area contributed by atoms with Crippen molar-refractivity contribution in [1.82, 2.24) is 0 Å². The lowest BCUT2D eigenvalue weighted by molar-refractivity contribution is 0.405. The molecule has 1 saturated heterocycles. The lowest BCUT2D eigenvalue weighted by atomic mass is 9.91. The van der Waals surface area contributed by atoms with Gasteiger partial charge in [0.15, 0.2) is 0 Å². The van der Waals surface area contributed by atoms with E-state index in [0.29, 0.717) is 0 Å². The summed E-state index contributed by atoms with van der Waals surface area (Å²) >= 11 is 5.35. The van der Waals surface area contributed by atoms with Crippen molar-refractivity contribution < 1.29 is 4.39 Å². The summed E-state index contributed by atoms with van der Waals surface area (Å²) in [5.74, 6) is 3.10. The van der Waals surface area contributed by atoms with Crippen LogP contribution in [0.1, 0.15) is 24.8 Å². The fraction of sp³-hybridized carbons (Fsp3) is 0.571. The fourth-order valence-corrected chi connectivity index (χ4v) is 4.24. The predicted octanol–water partition coefficient (Wildman–Crippen LogP) is 3.99. The molecule has 1 aliphatic heterocycles. The van der Waals surface area contributed by atoms with Gasteiger partial charge in [0.2, 0.25) is 0 Å². The summed E-state index contributed by atoms with van der Waals surface area (Å²) in [6.45, 7) is 0. The van der Waals surface area contributed by atoms with Gasteiger partial charge in [-0.1, -0.05) is 15.9 Å². The molecule has 1 unspecified atom stereocenters. The first-order valence-corrected chi connectivity index (χ1v) is 8.36. The number of thioether (sulfide) groups is 1. The van der Waals surface area contributed by atoms with E-state index in [-0.39, 0.29) is 11.9 Å².